The van der Waals surface area contributed by atoms with E-state index in [1.165, 1.54) is 7.11 Å². The SMILES string of the molecule is CCc1cc(OC)c(F)c(C(Nc2ccc3c(N)nccc3c2)c2ncc(-c3ccccc3OC)[nH]2)c1.O=C(O)C(F)(F)F.O=C(O)C(F)(F)F. The minimum atomic E-state index is -5.08. The van der Waals surface area contributed by atoms with Gasteiger partial charge < -0.3 is 35.7 Å². The van der Waals surface area contributed by atoms with Crippen molar-refractivity contribution < 1.29 is 60.0 Å². The second-order valence-corrected chi connectivity index (χ2v) is 10.3. The van der Waals surface area contributed by atoms with E-state index in [-0.39, 0.29) is 5.75 Å². The van der Waals surface area contributed by atoms with Crippen molar-refractivity contribution in [1.82, 2.24) is 15.0 Å². The molecule has 6 N–H and O–H groups in total. The largest absolute Gasteiger partial charge is 0.496 e. The Morgan fingerprint density at radius 2 is 1.51 bits per heavy atom. The van der Waals surface area contributed by atoms with Crippen molar-refractivity contribution in [3.05, 3.63) is 95.8 Å². The number of benzene rings is 3. The Bertz CT molecular complexity index is 1960. The lowest BCUT2D eigenvalue weighted by atomic mass is 9.99. The van der Waals surface area contributed by atoms with Crippen molar-refractivity contribution in [1.29, 1.82) is 0 Å². The first kappa shape index (κ1) is 39.4. The first-order valence-electron chi connectivity index (χ1n) is 14.5. The van der Waals surface area contributed by atoms with Gasteiger partial charge in [0.15, 0.2) is 11.6 Å². The van der Waals surface area contributed by atoms with E-state index in [1.807, 2.05) is 61.5 Å². The van der Waals surface area contributed by atoms with E-state index in [0.717, 1.165) is 39.7 Å². The topological polar surface area (TPSA) is 173 Å². The van der Waals surface area contributed by atoms with Crippen LogP contribution in [-0.4, -0.2) is 63.7 Å². The molecule has 5 aromatic rings. The van der Waals surface area contributed by atoms with Gasteiger partial charge in [-0.25, -0.2) is 23.9 Å². The third-order valence-electron chi connectivity index (χ3n) is 6.92. The molecule has 1 unspecified atom stereocenters. The number of pyridine rings is 1. The number of aromatic amines is 1. The average molecular weight is 726 g/mol. The fourth-order valence-corrected chi connectivity index (χ4v) is 4.48. The van der Waals surface area contributed by atoms with Gasteiger partial charge in [0.2, 0.25) is 0 Å². The highest BCUT2D eigenvalue weighted by Crippen LogP contribution is 2.36. The number of alkyl halides is 6. The van der Waals surface area contributed by atoms with E-state index in [2.05, 4.69) is 20.3 Å². The molecule has 18 heteroatoms. The van der Waals surface area contributed by atoms with E-state index in [4.69, 9.17) is 35.0 Å². The number of hydrogen-bond donors (Lipinski definition) is 5. The van der Waals surface area contributed by atoms with Crippen LogP contribution in [0.5, 0.6) is 11.5 Å². The van der Waals surface area contributed by atoms with Crippen molar-refractivity contribution >= 4 is 34.2 Å². The zero-order valence-electron chi connectivity index (χ0n) is 26.9. The number of halogens is 7. The fourth-order valence-electron chi connectivity index (χ4n) is 4.48. The molecule has 0 bridgehead atoms. The van der Waals surface area contributed by atoms with Gasteiger partial charge in [0.05, 0.1) is 26.1 Å². The number of H-pyrrole nitrogens is 1. The van der Waals surface area contributed by atoms with Crippen molar-refractivity contribution in [2.24, 2.45) is 0 Å². The summed E-state index contributed by atoms with van der Waals surface area (Å²) in [5.41, 5.74) is 9.80. The lowest BCUT2D eigenvalue weighted by Crippen LogP contribution is -2.21. The van der Waals surface area contributed by atoms with Crippen LogP contribution < -0.4 is 20.5 Å². The number of para-hydroxylation sites is 1. The molecule has 0 aliphatic heterocycles. The lowest BCUT2D eigenvalue weighted by Gasteiger charge is -2.21. The minimum Gasteiger partial charge on any atom is -0.496 e. The quantitative estimate of drug-likeness (QED) is 0.102. The van der Waals surface area contributed by atoms with E-state index in [9.17, 15) is 26.3 Å². The van der Waals surface area contributed by atoms with Crippen LogP contribution in [-0.2, 0) is 16.0 Å². The molecule has 0 aliphatic carbocycles. The summed E-state index contributed by atoms with van der Waals surface area (Å²) in [5, 5.41) is 19.5. The number of carbonyl (C=O) groups is 2. The first-order valence-corrected chi connectivity index (χ1v) is 14.5. The Balaban J connectivity index is 0.000000424. The number of nitrogens with two attached hydrogens (primary N) is 1. The van der Waals surface area contributed by atoms with Crippen LogP contribution in [0.2, 0.25) is 0 Å². The molecule has 5 rings (SSSR count). The Labute approximate surface area is 284 Å². The van der Waals surface area contributed by atoms with Gasteiger partial charge >= 0.3 is 24.3 Å². The minimum absolute atomic E-state index is 0.190. The van der Waals surface area contributed by atoms with Crippen molar-refractivity contribution in [3.8, 4) is 22.8 Å². The van der Waals surface area contributed by atoms with Gasteiger partial charge in [-0.05, 0) is 59.8 Å². The van der Waals surface area contributed by atoms with Crippen LogP contribution in [0.25, 0.3) is 22.0 Å². The fraction of sp³-hybridized carbons (Fsp3) is 0.212. The number of anilines is 2. The van der Waals surface area contributed by atoms with Crippen LogP contribution in [0.1, 0.15) is 29.9 Å². The average Bonchev–Trinajstić information content (AvgIpc) is 3.57. The molecule has 272 valence electrons. The van der Waals surface area contributed by atoms with Gasteiger partial charge in [0.25, 0.3) is 0 Å². The molecular formula is C33H30F7N5O6. The van der Waals surface area contributed by atoms with Crippen molar-refractivity contribution in [3.63, 3.8) is 0 Å². The molecule has 0 fully saturated rings. The molecule has 0 aliphatic rings. The molecule has 0 spiro atoms. The van der Waals surface area contributed by atoms with E-state index in [1.54, 1.807) is 25.6 Å². The predicted molar refractivity (Wildman–Crippen MR) is 172 cm³/mol. The highest BCUT2D eigenvalue weighted by molar-refractivity contribution is 5.93. The van der Waals surface area contributed by atoms with Gasteiger partial charge in [-0.3, -0.25) is 0 Å². The van der Waals surface area contributed by atoms with E-state index < -0.39 is 36.2 Å². The zero-order valence-corrected chi connectivity index (χ0v) is 26.9. The molecule has 2 aromatic heterocycles. The summed E-state index contributed by atoms with van der Waals surface area (Å²) in [6, 6.07) is 18.3. The van der Waals surface area contributed by atoms with Crippen LogP contribution in [0, 0.1) is 5.82 Å². The Kier molecular flexibility index (Phi) is 12.8. The highest BCUT2D eigenvalue weighted by Gasteiger charge is 2.39. The summed E-state index contributed by atoms with van der Waals surface area (Å²) in [7, 11) is 3.10. The van der Waals surface area contributed by atoms with Gasteiger partial charge in [-0.1, -0.05) is 25.1 Å². The molecule has 0 amide bonds. The summed E-state index contributed by atoms with van der Waals surface area (Å²) in [4.78, 5) is 30.0. The van der Waals surface area contributed by atoms with Crippen molar-refractivity contribution in [2.45, 2.75) is 31.7 Å². The normalized spacial score (nSPS) is 11.7. The number of carboxylic acid groups (broad SMARTS) is 2. The standard InChI is InChI=1S/C29H28FN5O2.2C2HF3O2/c1-4-17-13-22(26(30)25(14-17)37-3)27(34-19-9-10-20-18(15-19)11-12-32-28(20)31)29-33-16-23(35-29)21-7-5-6-8-24(21)36-2;2*3-2(4,5)1(6)7/h5-16,27,34H,4H2,1-3H3,(H2,31,32)(H,33,35);2*(H,6,7). The maximum atomic E-state index is 15.7. The molecule has 51 heavy (non-hydrogen) atoms. The number of carboxylic acids is 2. The Morgan fingerprint density at radius 1 is 0.902 bits per heavy atom. The third kappa shape index (κ3) is 10.2. The smallest absolute Gasteiger partial charge is 0.490 e. The maximum absolute atomic E-state index is 15.7. The number of rotatable bonds is 8. The van der Waals surface area contributed by atoms with Crippen molar-refractivity contribution in [2.75, 3.05) is 25.3 Å². The summed E-state index contributed by atoms with van der Waals surface area (Å²) < 4.78 is 90.1. The molecule has 3 aromatic carbocycles. The second-order valence-electron chi connectivity index (χ2n) is 10.3. The van der Waals surface area contributed by atoms with Crippen LogP contribution >= 0.6 is 0 Å². The van der Waals surface area contributed by atoms with Gasteiger partial charge in [0.1, 0.15) is 23.4 Å². The number of aryl methyl sites for hydroxylation is 1. The Morgan fingerprint density at radius 3 is 2.08 bits per heavy atom. The number of nitrogen functional groups attached to an aromatic ring is 1. The molecular weight excluding hydrogens is 695 g/mol. The molecule has 0 saturated carbocycles. The summed E-state index contributed by atoms with van der Waals surface area (Å²) in [6.07, 6.45) is -6.04. The number of nitrogens with zero attached hydrogens (tertiary/aromatic N) is 2. The second kappa shape index (κ2) is 16.6. The number of hydrogen-bond acceptors (Lipinski definition) is 8. The first-order chi connectivity index (χ1) is 23.9. The van der Waals surface area contributed by atoms with Gasteiger partial charge in [-0.2, -0.15) is 26.3 Å². The number of ether oxygens (including phenoxy) is 2. The predicted octanol–water partition coefficient (Wildman–Crippen LogP) is 7.39. The monoisotopic (exact) mass is 725 g/mol. The van der Waals surface area contributed by atoms with Gasteiger partial charge in [-0.15, -0.1) is 0 Å². The molecule has 2 heterocycles. The molecule has 0 radical (unpaired) electrons. The third-order valence-corrected chi connectivity index (χ3v) is 6.92. The number of aromatic nitrogens is 3. The molecule has 1 atom stereocenters. The molecule has 0 saturated heterocycles. The number of aliphatic carboxylic acids is 2. The van der Waals surface area contributed by atoms with Gasteiger partial charge in [0, 0.05) is 28.4 Å². The highest BCUT2D eigenvalue weighted by atomic mass is 19.4. The lowest BCUT2D eigenvalue weighted by molar-refractivity contribution is -0.193. The zero-order chi connectivity index (χ0) is 38.1. The van der Waals surface area contributed by atoms with E-state index in [0.29, 0.717) is 23.0 Å². The van der Waals surface area contributed by atoms with Crippen LogP contribution in [0.15, 0.2) is 73.1 Å². The Hall–Kier alpha value is -6.07. The van der Waals surface area contributed by atoms with Crippen LogP contribution in [0.4, 0.5) is 42.2 Å². The molecule has 11 nitrogen and oxygen atoms in total. The number of imidazole rings is 1. The number of methoxy groups -OCH3 is 2. The van der Waals surface area contributed by atoms with E-state index >= 15 is 4.39 Å². The summed E-state index contributed by atoms with van der Waals surface area (Å²) in [6.45, 7) is 2.02. The summed E-state index contributed by atoms with van der Waals surface area (Å²) in [5.74, 6) is -4.05. The summed E-state index contributed by atoms with van der Waals surface area (Å²) >= 11 is 0. The number of nitrogens with one attached hydrogen (secondary N) is 2. The van der Waals surface area contributed by atoms with Crippen LogP contribution in [0.3, 0.4) is 0 Å². The maximum Gasteiger partial charge on any atom is 0.490 e. The number of fused-ring (bicyclic) bond motifs is 1.